The third-order valence-electron chi connectivity index (χ3n) is 3.51. The Morgan fingerprint density at radius 3 is 2.88 bits per heavy atom. The van der Waals surface area contributed by atoms with Gasteiger partial charge in [0.2, 0.25) is 0 Å². The van der Waals surface area contributed by atoms with Gasteiger partial charge >= 0.3 is 6.03 Å². The molecule has 2 bridgehead atoms. The minimum Gasteiger partial charge on any atom is -0.338 e. The highest BCUT2D eigenvalue weighted by atomic mass is 16.2. The van der Waals surface area contributed by atoms with Gasteiger partial charge < -0.3 is 16.0 Å². The summed E-state index contributed by atoms with van der Waals surface area (Å²) in [5, 5.41) is 9.49. The van der Waals surface area contributed by atoms with Gasteiger partial charge in [-0.3, -0.25) is 0 Å². The molecule has 0 aromatic rings. The lowest BCUT2D eigenvalue weighted by Crippen LogP contribution is -2.46. The fourth-order valence-electron chi connectivity index (χ4n) is 2.75. The SMILES string of the molecule is CC(C)CNC(=O)NC1CC2CNC(C2)C1. The molecule has 4 heteroatoms. The fourth-order valence-corrected chi connectivity index (χ4v) is 2.75. The number of rotatable bonds is 3. The molecule has 2 aliphatic rings. The zero-order valence-electron chi connectivity index (χ0n) is 10.3. The maximum Gasteiger partial charge on any atom is 0.315 e. The zero-order valence-corrected chi connectivity index (χ0v) is 10.3. The van der Waals surface area contributed by atoms with Crippen molar-refractivity contribution >= 4 is 6.03 Å². The number of urea groups is 1. The Hall–Kier alpha value is -0.770. The molecule has 4 nitrogen and oxygen atoms in total. The van der Waals surface area contributed by atoms with Gasteiger partial charge in [0.15, 0.2) is 0 Å². The monoisotopic (exact) mass is 225 g/mol. The number of nitrogens with one attached hydrogen (secondary N) is 3. The summed E-state index contributed by atoms with van der Waals surface area (Å²) in [5.41, 5.74) is 0. The smallest absolute Gasteiger partial charge is 0.315 e. The largest absolute Gasteiger partial charge is 0.338 e. The minimum atomic E-state index is 0.000000000000000444. The molecule has 1 aliphatic carbocycles. The van der Waals surface area contributed by atoms with E-state index in [4.69, 9.17) is 0 Å². The van der Waals surface area contributed by atoms with Gasteiger partial charge in [-0.1, -0.05) is 13.8 Å². The Kier molecular flexibility index (Phi) is 3.69. The summed E-state index contributed by atoms with van der Waals surface area (Å²) in [6.07, 6.45) is 3.52. The topological polar surface area (TPSA) is 53.2 Å². The Morgan fingerprint density at radius 2 is 2.19 bits per heavy atom. The van der Waals surface area contributed by atoms with Crippen molar-refractivity contribution in [2.45, 2.75) is 45.2 Å². The van der Waals surface area contributed by atoms with Gasteiger partial charge in [0.05, 0.1) is 0 Å². The second-order valence-electron chi connectivity index (χ2n) is 5.62. The Bertz CT molecular complexity index is 243. The van der Waals surface area contributed by atoms with E-state index in [1.54, 1.807) is 0 Å². The van der Waals surface area contributed by atoms with E-state index in [1.807, 2.05) is 0 Å². The van der Waals surface area contributed by atoms with Crippen LogP contribution in [0.3, 0.4) is 0 Å². The number of amides is 2. The molecule has 0 aromatic carbocycles. The number of carbonyl (C=O) groups is 1. The predicted octanol–water partition coefficient (Wildman–Crippen LogP) is 1.08. The first kappa shape index (κ1) is 11.7. The maximum atomic E-state index is 11.6. The van der Waals surface area contributed by atoms with Gasteiger partial charge in [0, 0.05) is 18.6 Å². The van der Waals surface area contributed by atoms with E-state index in [0.717, 1.165) is 31.8 Å². The number of hydrogen-bond acceptors (Lipinski definition) is 2. The van der Waals surface area contributed by atoms with Crippen molar-refractivity contribution in [1.29, 1.82) is 0 Å². The van der Waals surface area contributed by atoms with Gasteiger partial charge in [0.1, 0.15) is 0 Å². The van der Waals surface area contributed by atoms with E-state index in [0.29, 0.717) is 18.0 Å². The molecule has 0 radical (unpaired) electrons. The average Bonchev–Trinajstić information content (AvgIpc) is 2.55. The second-order valence-corrected chi connectivity index (χ2v) is 5.62. The molecule has 3 unspecified atom stereocenters. The number of hydrogen-bond donors (Lipinski definition) is 3. The molecular formula is C12H23N3O. The van der Waals surface area contributed by atoms with Crippen LogP contribution >= 0.6 is 0 Å². The summed E-state index contributed by atoms with van der Waals surface area (Å²) in [6, 6.07) is 1.00. The molecule has 16 heavy (non-hydrogen) atoms. The van der Waals surface area contributed by atoms with E-state index in [9.17, 15) is 4.79 Å². The van der Waals surface area contributed by atoms with Crippen molar-refractivity contribution in [3.8, 4) is 0 Å². The lowest BCUT2D eigenvalue weighted by Gasteiger charge is -2.27. The van der Waals surface area contributed by atoms with Crippen LogP contribution in [0, 0.1) is 11.8 Å². The molecule has 1 saturated heterocycles. The average molecular weight is 225 g/mol. The summed E-state index contributed by atoms with van der Waals surface area (Å²) in [4.78, 5) is 11.6. The fraction of sp³-hybridized carbons (Fsp3) is 0.917. The third kappa shape index (κ3) is 3.11. The molecule has 2 amide bonds. The first-order valence-electron chi connectivity index (χ1n) is 6.41. The molecule has 2 fully saturated rings. The van der Waals surface area contributed by atoms with E-state index < -0.39 is 0 Å². The highest BCUT2D eigenvalue weighted by Gasteiger charge is 2.34. The highest BCUT2D eigenvalue weighted by molar-refractivity contribution is 5.74. The van der Waals surface area contributed by atoms with Crippen LogP contribution in [0.2, 0.25) is 0 Å². The molecule has 0 aromatic heterocycles. The van der Waals surface area contributed by atoms with Crippen LogP contribution in [-0.4, -0.2) is 31.2 Å². The van der Waals surface area contributed by atoms with Gasteiger partial charge in [-0.05, 0) is 37.6 Å². The standard InChI is InChI=1S/C12H23N3O/c1-8(2)6-14-12(16)15-11-4-9-3-10(5-11)13-7-9/h8-11,13H,3-7H2,1-2H3,(H2,14,15,16). The summed E-state index contributed by atoms with van der Waals surface area (Å²) >= 11 is 0. The molecule has 1 saturated carbocycles. The van der Waals surface area contributed by atoms with E-state index in [1.165, 1.54) is 6.42 Å². The molecule has 92 valence electrons. The molecule has 3 N–H and O–H groups in total. The molecule has 2 rings (SSSR count). The first-order valence-corrected chi connectivity index (χ1v) is 6.41. The Morgan fingerprint density at radius 1 is 1.38 bits per heavy atom. The summed E-state index contributed by atoms with van der Waals surface area (Å²) in [7, 11) is 0. The molecule has 1 heterocycles. The van der Waals surface area contributed by atoms with Crippen molar-refractivity contribution in [3.63, 3.8) is 0 Å². The summed E-state index contributed by atoms with van der Waals surface area (Å²) < 4.78 is 0. The Labute approximate surface area is 97.6 Å². The molecule has 3 atom stereocenters. The highest BCUT2D eigenvalue weighted by Crippen LogP contribution is 2.29. The van der Waals surface area contributed by atoms with E-state index in [2.05, 4.69) is 29.8 Å². The lowest BCUT2D eigenvalue weighted by molar-refractivity contribution is 0.228. The van der Waals surface area contributed by atoms with Gasteiger partial charge in [-0.25, -0.2) is 4.79 Å². The van der Waals surface area contributed by atoms with Crippen LogP contribution in [0.1, 0.15) is 33.1 Å². The van der Waals surface area contributed by atoms with Gasteiger partial charge in [-0.15, -0.1) is 0 Å². The number of carbonyl (C=O) groups excluding carboxylic acids is 1. The van der Waals surface area contributed by atoms with E-state index >= 15 is 0 Å². The normalized spacial score (nSPS) is 32.8. The summed E-state index contributed by atoms with van der Waals surface area (Å²) in [6.45, 7) is 6.09. The van der Waals surface area contributed by atoms with Crippen molar-refractivity contribution < 1.29 is 4.79 Å². The van der Waals surface area contributed by atoms with Crippen LogP contribution in [0.5, 0.6) is 0 Å². The van der Waals surface area contributed by atoms with Crippen LogP contribution in [0.25, 0.3) is 0 Å². The van der Waals surface area contributed by atoms with Crippen LogP contribution in [-0.2, 0) is 0 Å². The van der Waals surface area contributed by atoms with Crippen molar-refractivity contribution in [2.24, 2.45) is 11.8 Å². The van der Waals surface area contributed by atoms with Crippen molar-refractivity contribution in [2.75, 3.05) is 13.1 Å². The predicted molar refractivity (Wildman–Crippen MR) is 64.3 cm³/mol. The first-order chi connectivity index (χ1) is 7.63. The third-order valence-corrected chi connectivity index (χ3v) is 3.51. The van der Waals surface area contributed by atoms with E-state index in [-0.39, 0.29) is 6.03 Å². The van der Waals surface area contributed by atoms with Crippen molar-refractivity contribution in [3.05, 3.63) is 0 Å². The van der Waals surface area contributed by atoms with Crippen LogP contribution in [0.15, 0.2) is 0 Å². The van der Waals surface area contributed by atoms with Crippen LogP contribution < -0.4 is 16.0 Å². The molecule has 0 spiro atoms. The van der Waals surface area contributed by atoms with Gasteiger partial charge in [0.25, 0.3) is 0 Å². The Balaban J connectivity index is 1.71. The molecule has 1 aliphatic heterocycles. The second kappa shape index (κ2) is 5.04. The zero-order chi connectivity index (χ0) is 11.5. The lowest BCUT2D eigenvalue weighted by atomic mass is 9.87. The minimum absolute atomic E-state index is 0.000000000000000444. The summed E-state index contributed by atoms with van der Waals surface area (Å²) in [5.74, 6) is 1.28. The van der Waals surface area contributed by atoms with Crippen molar-refractivity contribution in [1.82, 2.24) is 16.0 Å². The number of fused-ring (bicyclic) bond motifs is 2. The maximum absolute atomic E-state index is 11.6. The van der Waals surface area contributed by atoms with Crippen LogP contribution in [0.4, 0.5) is 4.79 Å². The molecular weight excluding hydrogens is 202 g/mol. The quantitative estimate of drug-likeness (QED) is 0.673. The van der Waals surface area contributed by atoms with Gasteiger partial charge in [-0.2, -0.15) is 0 Å².